The van der Waals surface area contributed by atoms with Crippen molar-refractivity contribution in [2.45, 2.75) is 31.7 Å². The molecule has 1 aromatic heterocycles. The Morgan fingerprint density at radius 3 is 2.68 bits per heavy atom. The van der Waals surface area contributed by atoms with Crippen LogP contribution >= 0.6 is 0 Å². The van der Waals surface area contributed by atoms with Gasteiger partial charge in [0.15, 0.2) is 11.5 Å². The van der Waals surface area contributed by atoms with Crippen molar-refractivity contribution in [3.05, 3.63) is 59.3 Å². The number of aromatic nitrogens is 1. The maximum absolute atomic E-state index is 12.8. The topological polar surface area (TPSA) is 63.8 Å². The Balaban J connectivity index is 1.59. The van der Waals surface area contributed by atoms with E-state index in [1.54, 1.807) is 21.3 Å². The number of para-hydroxylation sites is 1. The van der Waals surface area contributed by atoms with Gasteiger partial charge in [-0.15, -0.1) is 0 Å². The lowest BCUT2D eigenvalue weighted by atomic mass is 9.88. The molecule has 0 spiro atoms. The predicted octanol–water partition coefficient (Wildman–Crippen LogP) is 4.28. The van der Waals surface area contributed by atoms with Crippen LogP contribution in [0.5, 0.6) is 11.5 Å². The molecule has 31 heavy (non-hydrogen) atoms. The highest BCUT2D eigenvalue weighted by molar-refractivity contribution is 5.83. The molecular formula is C25H30N2O4. The van der Waals surface area contributed by atoms with Gasteiger partial charge in [-0.25, -0.2) is 0 Å². The molecule has 0 saturated heterocycles. The Bertz CT molecular complexity index is 1060. The summed E-state index contributed by atoms with van der Waals surface area (Å²) in [5, 5.41) is 1.27. The summed E-state index contributed by atoms with van der Waals surface area (Å²) in [6.07, 6.45) is 5.69. The molecule has 1 aliphatic rings. The Morgan fingerprint density at radius 1 is 1.13 bits per heavy atom. The second kappa shape index (κ2) is 9.43. The summed E-state index contributed by atoms with van der Waals surface area (Å²) in [5.74, 6) is 1.46. The minimum atomic E-state index is -0.00332. The molecule has 164 valence electrons. The Morgan fingerprint density at radius 2 is 1.90 bits per heavy atom. The Kier molecular flexibility index (Phi) is 6.47. The number of methoxy groups -OCH3 is 3. The van der Waals surface area contributed by atoms with Gasteiger partial charge in [0, 0.05) is 30.8 Å². The third-order valence-corrected chi connectivity index (χ3v) is 6.19. The van der Waals surface area contributed by atoms with Crippen LogP contribution < -0.4 is 9.47 Å². The number of nitrogens with zero attached hydrogens (tertiary/aromatic N) is 1. The number of fused-ring (bicyclic) bond motifs is 2. The molecule has 1 aliphatic heterocycles. The van der Waals surface area contributed by atoms with Crippen molar-refractivity contribution < 1.29 is 19.0 Å². The molecule has 0 unspecified atom stereocenters. The molecule has 2 aromatic carbocycles. The monoisotopic (exact) mass is 422 g/mol. The van der Waals surface area contributed by atoms with E-state index in [1.165, 1.54) is 16.5 Å². The van der Waals surface area contributed by atoms with Crippen molar-refractivity contribution in [2.75, 3.05) is 34.5 Å². The van der Waals surface area contributed by atoms with Crippen LogP contribution in [0.2, 0.25) is 0 Å². The van der Waals surface area contributed by atoms with Gasteiger partial charge in [0.2, 0.25) is 5.91 Å². The van der Waals surface area contributed by atoms with Crippen LogP contribution in [0.25, 0.3) is 10.9 Å². The van der Waals surface area contributed by atoms with E-state index < -0.39 is 0 Å². The molecule has 4 rings (SSSR count). The number of carbonyl (C=O) groups excluding carboxylic acids is 1. The minimum absolute atomic E-state index is 0.00332. The molecule has 0 saturated carbocycles. The first-order valence-electron chi connectivity index (χ1n) is 10.7. The first-order valence-corrected chi connectivity index (χ1v) is 10.7. The van der Waals surface area contributed by atoms with Crippen molar-refractivity contribution in [1.29, 1.82) is 0 Å². The molecule has 6 heteroatoms. The van der Waals surface area contributed by atoms with E-state index in [0.29, 0.717) is 12.3 Å². The van der Waals surface area contributed by atoms with Crippen LogP contribution in [0.4, 0.5) is 0 Å². The van der Waals surface area contributed by atoms with E-state index in [4.69, 9.17) is 14.2 Å². The number of rotatable bonds is 8. The molecule has 1 atom stereocenters. The summed E-state index contributed by atoms with van der Waals surface area (Å²) >= 11 is 0. The number of hydrogen-bond donors (Lipinski definition) is 1. The number of benzene rings is 2. The summed E-state index contributed by atoms with van der Waals surface area (Å²) in [6.45, 7) is 0.782. The van der Waals surface area contributed by atoms with Crippen molar-refractivity contribution in [3.8, 4) is 11.5 Å². The SMILES string of the molecule is COCC(=O)N1CCc2cc(OC)c(OC)cc2[C@@H]1CCCc1c[nH]c2ccccc12. The lowest BCUT2D eigenvalue weighted by Gasteiger charge is -2.38. The number of H-pyrrole nitrogens is 1. The second-order valence-electron chi connectivity index (χ2n) is 7.94. The van der Waals surface area contributed by atoms with Crippen molar-refractivity contribution in [3.63, 3.8) is 0 Å². The highest BCUT2D eigenvalue weighted by Crippen LogP contribution is 2.40. The predicted molar refractivity (Wildman–Crippen MR) is 121 cm³/mol. The first kappa shape index (κ1) is 21.2. The maximum atomic E-state index is 12.8. The number of aryl methyl sites for hydroxylation is 1. The number of ether oxygens (including phenoxy) is 3. The second-order valence-corrected chi connectivity index (χ2v) is 7.94. The maximum Gasteiger partial charge on any atom is 0.249 e. The van der Waals surface area contributed by atoms with Gasteiger partial charge in [-0.3, -0.25) is 4.79 Å². The molecule has 0 radical (unpaired) electrons. The molecule has 6 nitrogen and oxygen atoms in total. The molecule has 2 heterocycles. The average Bonchev–Trinajstić information content (AvgIpc) is 3.21. The lowest BCUT2D eigenvalue weighted by Crippen LogP contribution is -2.42. The largest absolute Gasteiger partial charge is 0.493 e. The molecule has 0 aliphatic carbocycles. The fraction of sp³-hybridized carbons (Fsp3) is 0.400. The smallest absolute Gasteiger partial charge is 0.249 e. The van der Waals surface area contributed by atoms with Gasteiger partial charge in [-0.05, 0) is 60.6 Å². The summed E-state index contributed by atoms with van der Waals surface area (Å²) in [7, 11) is 4.86. The van der Waals surface area contributed by atoms with E-state index >= 15 is 0 Å². The van der Waals surface area contributed by atoms with Crippen molar-refractivity contribution in [1.82, 2.24) is 9.88 Å². The van der Waals surface area contributed by atoms with E-state index in [1.807, 2.05) is 17.0 Å². The third kappa shape index (κ3) is 4.26. The fourth-order valence-corrected chi connectivity index (χ4v) is 4.67. The van der Waals surface area contributed by atoms with Crippen LogP contribution in [-0.4, -0.2) is 50.3 Å². The first-order chi connectivity index (χ1) is 15.2. The zero-order valence-electron chi connectivity index (χ0n) is 18.4. The Labute approximate surface area is 183 Å². The highest BCUT2D eigenvalue weighted by atomic mass is 16.5. The number of amides is 1. The van der Waals surface area contributed by atoms with Crippen LogP contribution in [0, 0.1) is 0 Å². The van der Waals surface area contributed by atoms with Crippen LogP contribution in [0.15, 0.2) is 42.6 Å². The van der Waals surface area contributed by atoms with Gasteiger partial charge >= 0.3 is 0 Å². The van der Waals surface area contributed by atoms with Crippen molar-refractivity contribution >= 4 is 16.8 Å². The van der Waals surface area contributed by atoms with Gasteiger partial charge in [0.25, 0.3) is 0 Å². The van der Waals surface area contributed by atoms with Gasteiger partial charge in [-0.2, -0.15) is 0 Å². The molecular weight excluding hydrogens is 392 g/mol. The molecule has 3 aromatic rings. The van der Waals surface area contributed by atoms with Gasteiger partial charge in [0.05, 0.1) is 20.3 Å². The number of hydrogen-bond acceptors (Lipinski definition) is 4. The van der Waals surface area contributed by atoms with Crippen LogP contribution in [0.1, 0.15) is 35.6 Å². The molecule has 0 fully saturated rings. The minimum Gasteiger partial charge on any atom is -0.493 e. The third-order valence-electron chi connectivity index (χ3n) is 6.19. The Hall–Kier alpha value is -2.99. The summed E-state index contributed by atoms with van der Waals surface area (Å²) < 4.78 is 16.2. The summed E-state index contributed by atoms with van der Waals surface area (Å²) in [4.78, 5) is 18.1. The number of carbonyl (C=O) groups is 1. The number of nitrogens with one attached hydrogen (secondary N) is 1. The van der Waals surface area contributed by atoms with Gasteiger partial charge in [-0.1, -0.05) is 18.2 Å². The zero-order chi connectivity index (χ0) is 21.8. The zero-order valence-corrected chi connectivity index (χ0v) is 18.4. The van der Waals surface area contributed by atoms with E-state index in [0.717, 1.165) is 42.5 Å². The quantitative estimate of drug-likeness (QED) is 0.589. The van der Waals surface area contributed by atoms with Crippen LogP contribution in [0.3, 0.4) is 0 Å². The summed E-state index contributed by atoms with van der Waals surface area (Å²) in [6, 6.07) is 12.5. The highest BCUT2D eigenvalue weighted by Gasteiger charge is 2.31. The average molecular weight is 423 g/mol. The van der Waals surface area contributed by atoms with E-state index in [2.05, 4.69) is 35.4 Å². The van der Waals surface area contributed by atoms with Crippen molar-refractivity contribution in [2.24, 2.45) is 0 Å². The molecule has 0 bridgehead atoms. The van der Waals surface area contributed by atoms with Gasteiger partial charge in [0.1, 0.15) is 6.61 Å². The normalized spacial score (nSPS) is 15.7. The van der Waals surface area contributed by atoms with E-state index in [9.17, 15) is 4.79 Å². The van der Waals surface area contributed by atoms with E-state index in [-0.39, 0.29) is 18.6 Å². The summed E-state index contributed by atoms with van der Waals surface area (Å²) in [5.41, 5.74) is 4.84. The molecule has 1 amide bonds. The van der Waals surface area contributed by atoms with Crippen LogP contribution in [-0.2, 0) is 22.4 Å². The fourth-order valence-electron chi connectivity index (χ4n) is 4.67. The van der Waals surface area contributed by atoms with Gasteiger partial charge < -0.3 is 24.1 Å². The standard InChI is InChI=1S/C25H30N2O4/c1-29-16-25(28)27-12-11-17-13-23(30-2)24(31-3)14-20(17)22(27)10-6-7-18-15-26-21-9-5-4-8-19(18)21/h4-5,8-9,13-15,22,26H,6-7,10-12,16H2,1-3H3/t22-/m0/s1. The number of aromatic amines is 1. The lowest BCUT2D eigenvalue weighted by molar-refractivity contribution is -0.138. The molecule has 1 N–H and O–H groups in total.